The van der Waals surface area contributed by atoms with Crippen molar-refractivity contribution in [1.82, 2.24) is 20.2 Å². The zero-order valence-corrected chi connectivity index (χ0v) is 14.2. The molecular formula is C17H29N5O. The van der Waals surface area contributed by atoms with Crippen LogP contribution in [0.3, 0.4) is 0 Å². The van der Waals surface area contributed by atoms with Crippen molar-refractivity contribution in [2.24, 2.45) is 0 Å². The average molecular weight is 319 g/mol. The Bertz CT molecular complexity index is 446. The fraction of sp³-hybridized carbons (Fsp3) is 0.706. The summed E-state index contributed by atoms with van der Waals surface area (Å²) in [6.07, 6.45) is 8.57. The van der Waals surface area contributed by atoms with Gasteiger partial charge in [-0.3, -0.25) is 9.69 Å². The molecule has 2 heterocycles. The number of carbonyl (C=O) groups excluding carboxylic acids is 1. The van der Waals surface area contributed by atoms with E-state index in [9.17, 15) is 4.79 Å². The molecule has 0 unspecified atom stereocenters. The minimum absolute atomic E-state index is 0.199. The maximum atomic E-state index is 11.6. The summed E-state index contributed by atoms with van der Waals surface area (Å²) in [5, 5.41) is 3.02. The van der Waals surface area contributed by atoms with E-state index in [1.165, 1.54) is 0 Å². The van der Waals surface area contributed by atoms with Gasteiger partial charge in [-0.1, -0.05) is 19.8 Å². The Morgan fingerprint density at radius 2 is 1.87 bits per heavy atom. The number of unbranched alkanes of at least 4 members (excludes halogenated alkanes) is 2. The highest BCUT2D eigenvalue weighted by molar-refractivity contribution is 5.75. The van der Waals surface area contributed by atoms with Crippen LogP contribution in [0.1, 0.15) is 39.0 Å². The first-order valence-electron chi connectivity index (χ1n) is 8.80. The van der Waals surface area contributed by atoms with Gasteiger partial charge in [0.05, 0.1) is 0 Å². The van der Waals surface area contributed by atoms with Crippen molar-refractivity contribution in [2.45, 2.75) is 39.0 Å². The van der Waals surface area contributed by atoms with Crippen LogP contribution in [0.25, 0.3) is 0 Å². The molecule has 1 fully saturated rings. The van der Waals surface area contributed by atoms with Crippen LogP contribution in [-0.4, -0.2) is 60.0 Å². The van der Waals surface area contributed by atoms with Gasteiger partial charge in [0.1, 0.15) is 0 Å². The van der Waals surface area contributed by atoms with Crippen molar-refractivity contribution in [1.29, 1.82) is 0 Å². The Labute approximate surface area is 139 Å². The van der Waals surface area contributed by atoms with E-state index in [4.69, 9.17) is 0 Å². The van der Waals surface area contributed by atoms with Crippen molar-refractivity contribution in [3.63, 3.8) is 0 Å². The van der Waals surface area contributed by atoms with Crippen LogP contribution in [0.5, 0.6) is 0 Å². The van der Waals surface area contributed by atoms with Gasteiger partial charge < -0.3 is 10.2 Å². The van der Waals surface area contributed by atoms with Crippen LogP contribution in [0.4, 0.5) is 5.95 Å². The minimum atomic E-state index is 0.199. The first-order chi connectivity index (χ1) is 11.3. The summed E-state index contributed by atoms with van der Waals surface area (Å²) in [6.45, 7) is 7.97. The maximum absolute atomic E-state index is 11.6. The monoisotopic (exact) mass is 319 g/mol. The van der Waals surface area contributed by atoms with Crippen LogP contribution in [0.15, 0.2) is 18.5 Å². The minimum Gasteiger partial charge on any atom is -0.356 e. The van der Waals surface area contributed by atoms with Crippen molar-refractivity contribution in [2.75, 3.05) is 44.2 Å². The second-order valence-corrected chi connectivity index (χ2v) is 6.04. The summed E-state index contributed by atoms with van der Waals surface area (Å²) >= 11 is 0. The molecule has 0 bridgehead atoms. The lowest BCUT2D eigenvalue weighted by molar-refractivity contribution is -0.121. The highest BCUT2D eigenvalue weighted by Crippen LogP contribution is 2.09. The van der Waals surface area contributed by atoms with Crippen molar-refractivity contribution >= 4 is 11.9 Å². The maximum Gasteiger partial charge on any atom is 0.225 e. The standard InChI is InChI=1S/C17H29N5O/c1-2-3-4-7-16(23)18-10-6-11-21-12-14-22(15-13-21)17-19-8-5-9-20-17/h5,8-9H,2-4,6-7,10-15H2,1H3,(H,18,23). The van der Waals surface area contributed by atoms with E-state index in [0.717, 1.165) is 70.9 Å². The molecule has 1 saturated heterocycles. The number of hydrogen-bond acceptors (Lipinski definition) is 5. The Morgan fingerprint density at radius 3 is 2.57 bits per heavy atom. The molecule has 0 atom stereocenters. The van der Waals surface area contributed by atoms with Crippen LogP contribution in [0.2, 0.25) is 0 Å². The first-order valence-corrected chi connectivity index (χ1v) is 8.80. The Kier molecular flexibility index (Phi) is 7.80. The second-order valence-electron chi connectivity index (χ2n) is 6.04. The molecule has 6 heteroatoms. The molecule has 6 nitrogen and oxygen atoms in total. The first kappa shape index (κ1) is 17.7. The summed E-state index contributed by atoms with van der Waals surface area (Å²) in [4.78, 5) is 24.9. The SMILES string of the molecule is CCCCCC(=O)NCCCN1CCN(c2ncccn2)CC1. The zero-order chi connectivity index (χ0) is 16.3. The van der Waals surface area contributed by atoms with Crippen molar-refractivity contribution in [3.8, 4) is 0 Å². The van der Waals surface area contributed by atoms with Gasteiger partial charge in [-0.15, -0.1) is 0 Å². The van der Waals surface area contributed by atoms with E-state index in [1.54, 1.807) is 12.4 Å². The molecule has 0 saturated carbocycles. The number of aromatic nitrogens is 2. The fourth-order valence-corrected chi connectivity index (χ4v) is 2.78. The summed E-state index contributed by atoms with van der Waals surface area (Å²) in [5.41, 5.74) is 0. The molecule has 1 aliphatic heterocycles. The van der Waals surface area contributed by atoms with Gasteiger partial charge in [0, 0.05) is 51.5 Å². The van der Waals surface area contributed by atoms with Gasteiger partial charge in [0.25, 0.3) is 0 Å². The topological polar surface area (TPSA) is 61.4 Å². The second kappa shape index (κ2) is 10.2. The number of nitrogens with zero attached hydrogens (tertiary/aromatic N) is 4. The predicted octanol–water partition coefficient (Wildman–Crippen LogP) is 1.69. The van der Waals surface area contributed by atoms with Crippen LogP contribution in [0, 0.1) is 0 Å². The molecule has 0 aromatic carbocycles. The quantitative estimate of drug-likeness (QED) is 0.702. The summed E-state index contributed by atoms with van der Waals surface area (Å²) in [6, 6.07) is 1.84. The molecule has 23 heavy (non-hydrogen) atoms. The smallest absolute Gasteiger partial charge is 0.225 e. The van der Waals surface area contributed by atoms with Gasteiger partial charge in [-0.05, 0) is 25.5 Å². The fourth-order valence-electron chi connectivity index (χ4n) is 2.78. The molecule has 1 amide bonds. The zero-order valence-electron chi connectivity index (χ0n) is 14.2. The van der Waals surface area contributed by atoms with Gasteiger partial charge in [-0.25, -0.2) is 9.97 Å². The van der Waals surface area contributed by atoms with E-state index < -0.39 is 0 Å². The average Bonchev–Trinajstić information content (AvgIpc) is 2.60. The van der Waals surface area contributed by atoms with E-state index in [0.29, 0.717) is 6.42 Å². The molecule has 128 valence electrons. The van der Waals surface area contributed by atoms with Crippen molar-refractivity contribution in [3.05, 3.63) is 18.5 Å². The van der Waals surface area contributed by atoms with E-state index >= 15 is 0 Å². The number of anilines is 1. The van der Waals surface area contributed by atoms with E-state index in [-0.39, 0.29) is 5.91 Å². The lowest BCUT2D eigenvalue weighted by Gasteiger charge is -2.34. The molecule has 1 N–H and O–H groups in total. The molecule has 0 aliphatic carbocycles. The number of amides is 1. The predicted molar refractivity (Wildman–Crippen MR) is 92.5 cm³/mol. The van der Waals surface area contributed by atoms with E-state index in [1.807, 2.05) is 6.07 Å². The van der Waals surface area contributed by atoms with Gasteiger partial charge in [-0.2, -0.15) is 0 Å². The third-order valence-corrected chi connectivity index (χ3v) is 4.19. The Hall–Kier alpha value is -1.69. The lowest BCUT2D eigenvalue weighted by atomic mass is 10.2. The van der Waals surface area contributed by atoms with E-state index in [2.05, 4.69) is 32.0 Å². The molecule has 0 spiro atoms. The molecular weight excluding hydrogens is 290 g/mol. The number of rotatable bonds is 9. The molecule has 0 radical (unpaired) electrons. The Morgan fingerprint density at radius 1 is 1.13 bits per heavy atom. The highest BCUT2D eigenvalue weighted by Gasteiger charge is 2.18. The van der Waals surface area contributed by atoms with Gasteiger partial charge in [0.15, 0.2) is 0 Å². The van der Waals surface area contributed by atoms with Gasteiger partial charge in [0.2, 0.25) is 11.9 Å². The summed E-state index contributed by atoms with van der Waals surface area (Å²) in [5.74, 6) is 1.02. The Balaban J connectivity index is 1.54. The molecule has 1 aromatic rings. The van der Waals surface area contributed by atoms with Crippen LogP contribution >= 0.6 is 0 Å². The number of carbonyl (C=O) groups is 1. The molecule has 1 aromatic heterocycles. The largest absolute Gasteiger partial charge is 0.356 e. The van der Waals surface area contributed by atoms with Gasteiger partial charge >= 0.3 is 0 Å². The summed E-state index contributed by atoms with van der Waals surface area (Å²) < 4.78 is 0. The van der Waals surface area contributed by atoms with Crippen molar-refractivity contribution < 1.29 is 4.79 Å². The third-order valence-electron chi connectivity index (χ3n) is 4.19. The highest BCUT2D eigenvalue weighted by atomic mass is 16.1. The molecule has 2 rings (SSSR count). The third kappa shape index (κ3) is 6.52. The molecule has 1 aliphatic rings. The van der Waals surface area contributed by atoms with Crippen LogP contribution in [-0.2, 0) is 4.79 Å². The number of piperazine rings is 1. The van der Waals surface area contributed by atoms with Crippen LogP contribution < -0.4 is 10.2 Å². The lowest BCUT2D eigenvalue weighted by Crippen LogP contribution is -2.47. The number of nitrogens with one attached hydrogen (secondary N) is 1. The number of hydrogen-bond donors (Lipinski definition) is 1. The summed E-state index contributed by atoms with van der Waals surface area (Å²) in [7, 11) is 0. The normalized spacial score (nSPS) is 15.6.